The molecule has 0 fully saturated rings. The van der Waals surface area contributed by atoms with Crippen molar-refractivity contribution in [3.05, 3.63) is 35.5 Å². The van der Waals surface area contributed by atoms with Crippen LogP contribution in [-0.4, -0.2) is 17.0 Å². The molecular formula is C12H14FN3. The Labute approximate surface area is 93.7 Å². The van der Waals surface area contributed by atoms with Crippen LogP contribution >= 0.6 is 0 Å². The molecule has 0 bridgehead atoms. The number of benzene rings is 1. The van der Waals surface area contributed by atoms with Crippen molar-refractivity contribution in [2.45, 2.75) is 19.9 Å². The third-order valence-corrected chi connectivity index (χ3v) is 2.66. The topological polar surface area (TPSA) is 37.8 Å². The van der Waals surface area contributed by atoms with Gasteiger partial charge in [-0.1, -0.05) is 12.1 Å². The Morgan fingerprint density at radius 1 is 1.31 bits per heavy atom. The largest absolute Gasteiger partial charge is 0.312 e. The Morgan fingerprint density at radius 3 is 2.75 bits per heavy atom. The zero-order chi connectivity index (χ0) is 11.7. The number of nitrogens with zero attached hydrogens (tertiary/aromatic N) is 2. The van der Waals surface area contributed by atoms with Crippen LogP contribution in [0.4, 0.5) is 4.39 Å². The fourth-order valence-corrected chi connectivity index (χ4v) is 1.72. The minimum absolute atomic E-state index is 0.0750. The molecule has 1 atom stereocenters. The van der Waals surface area contributed by atoms with Crippen molar-refractivity contribution in [3.63, 3.8) is 0 Å². The maximum absolute atomic E-state index is 13.6. The normalized spacial score (nSPS) is 13.0. The van der Waals surface area contributed by atoms with Crippen molar-refractivity contribution in [3.8, 4) is 0 Å². The highest BCUT2D eigenvalue weighted by molar-refractivity contribution is 5.81. The molecule has 0 amide bonds. The van der Waals surface area contributed by atoms with E-state index in [0.29, 0.717) is 11.3 Å². The molecule has 84 valence electrons. The van der Waals surface area contributed by atoms with Crippen molar-refractivity contribution < 1.29 is 4.39 Å². The van der Waals surface area contributed by atoms with E-state index < -0.39 is 0 Å². The molecule has 16 heavy (non-hydrogen) atoms. The Morgan fingerprint density at radius 2 is 2.06 bits per heavy atom. The lowest BCUT2D eigenvalue weighted by Gasteiger charge is -2.13. The van der Waals surface area contributed by atoms with Crippen LogP contribution in [0.1, 0.15) is 24.5 Å². The molecule has 4 heteroatoms. The number of hydrogen-bond donors (Lipinski definition) is 1. The molecule has 2 aromatic rings. The second-order valence-electron chi connectivity index (χ2n) is 3.80. The molecule has 2 rings (SSSR count). The SMILES string of the molecule is CNC(C)c1nc(C)nc2c(F)cccc12. The van der Waals surface area contributed by atoms with Gasteiger partial charge in [-0.2, -0.15) is 0 Å². The van der Waals surface area contributed by atoms with Gasteiger partial charge in [-0.05, 0) is 27.0 Å². The van der Waals surface area contributed by atoms with Gasteiger partial charge in [0.25, 0.3) is 0 Å². The standard InChI is InChI=1S/C12H14FN3/c1-7(14-3)11-9-5-4-6-10(13)12(9)16-8(2)15-11/h4-7,14H,1-3H3. The fraction of sp³-hybridized carbons (Fsp3) is 0.333. The highest BCUT2D eigenvalue weighted by Gasteiger charge is 2.13. The summed E-state index contributed by atoms with van der Waals surface area (Å²) < 4.78 is 13.6. The molecule has 1 N–H and O–H groups in total. The monoisotopic (exact) mass is 219 g/mol. The Kier molecular flexibility index (Phi) is 2.83. The van der Waals surface area contributed by atoms with Gasteiger partial charge < -0.3 is 5.32 Å². The maximum atomic E-state index is 13.6. The second-order valence-corrected chi connectivity index (χ2v) is 3.80. The van der Waals surface area contributed by atoms with Crippen LogP contribution in [0.3, 0.4) is 0 Å². The van der Waals surface area contributed by atoms with Crippen molar-refractivity contribution in [1.82, 2.24) is 15.3 Å². The van der Waals surface area contributed by atoms with Crippen LogP contribution in [0.2, 0.25) is 0 Å². The summed E-state index contributed by atoms with van der Waals surface area (Å²) in [5.74, 6) is 0.294. The number of aryl methyl sites for hydroxylation is 1. The van der Waals surface area contributed by atoms with E-state index in [1.165, 1.54) is 6.07 Å². The number of aromatic nitrogens is 2. The van der Waals surface area contributed by atoms with Crippen LogP contribution in [0, 0.1) is 12.7 Å². The second kappa shape index (κ2) is 4.14. The molecule has 1 heterocycles. The molecule has 0 saturated carbocycles. The van der Waals surface area contributed by atoms with Gasteiger partial charge in [-0.3, -0.25) is 0 Å². The molecule has 0 aliphatic heterocycles. The molecule has 3 nitrogen and oxygen atoms in total. The van der Waals surface area contributed by atoms with E-state index in [1.807, 2.05) is 20.0 Å². The van der Waals surface area contributed by atoms with E-state index in [-0.39, 0.29) is 11.9 Å². The average molecular weight is 219 g/mol. The average Bonchev–Trinajstić information content (AvgIpc) is 2.28. The van der Waals surface area contributed by atoms with Crippen LogP contribution < -0.4 is 5.32 Å². The Bertz CT molecular complexity index is 525. The predicted molar refractivity (Wildman–Crippen MR) is 61.7 cm³/mol. The Hall–Kier alpha value is -1.55. The fourth-order valence-electron chi connectivity index (χ4n) is 1.72. The van der Waals surface area contributed by atoms with Crippen LogP contribution in [-0.2, 0) is 0 Å². The molecule has 0 saturated heterocycles. The lowest BCUT2D eigenvalue weighted by atomic mass is 10.1. The first-order chi connectivity index (χ1) is 7.63. The van der Waals surface area contributed by atoms with Crippen molar-refractivity contribution in [2.24, 2.45) is 0 Å². The number of fused-ring (bicyclic) bond motifs is 1. The molecule has 1 aromatic heterocycles. The molecule has 0 aliphatic carbocycles. The van der Waals surface area contributed by atoms with Gasteiger partial charge in [-0.25, -0.2) is 14.4 Å². The first-order valence-electron chi connectivity index (χ1n) is 5.23. The minimum Gasteiger partial charge on any atom is -0.312 e. The van der Waals surface area contributed by atoms with E-state index >= 15 is 0 Å². The maximum Gasteiger partial charge on any atom is 0.149 e. The third-order valence-electron chi connectivity index (χ3n) is 2.66. The highest BCUT2D eigenvalue weighted by Crippen LogP contribution is 2.22. The summed E-state index contributed by atoms with van der Waals surface area (Å²) in [6.45, 7) is 3.77. The van der Waals surface area contributed by atoms with Crippen molar-refractivity contribution in [1.29, 1.82) is 0 Å². The molecule has 0 radical (unpaired) electrons. The van der Waals surface area contributed by atoms with E-state index in [0.717, 1.165) is 11.1 Å². The summed E-state index contributed by atoms with van der Waals surface area (Å²) in [4.78, 5) is 8.51. The van der Waals surface area contributed by atoms with E-state index in [4.69, 9.17) is 0 Å². The number of halogens is 1. The van der Waals surface area contributed by atoms with Crippen molar-refractivity contribution >= 4 is 10.9 Å². The van der Waals surface area contributed by atoms with Crippen molar-refractivity contribution in [2.75, 3.05) is 7.05 Å². The van der Waals surface area contributed by atoms with E-state index in [2.05, 4.69) is 15.3 Å². The predicted octanol–water partition coefficient (Wildman–Crippen LogP) is 2.36. The van der Waals surface area contributed by atoms with Gasteiger partial charge in [0.05, 0.1) is 5.69 Å². The quantitative estimate of drug-likeness (QED) is 0.842. The smallest absolute Gasteiger partial charge is 0.149 e. The van der Waals surface area contributed by atoms with Crippen LogP contribution in [0.15, 0.2) is 18.2 Å². The minimum atomic E-state index is -0.299. The van der Waals surface area contributed by atoms with Gasteiger partial charge in [0.2, 0.25) is 0 Å². The van der Waals surface area contributed by atoms with Gasteiger partial charge in [0.1, 0.15) is 17.2 Å². The third kappa shape index (κ3) is 1.76. The zero-order valence-corrected chi connectivity index (χ0v) is 9.58. The summed E-state index contributed by atoms with van der Waals surface area (Å²) in [5.41, 5.74) is 1.23. The summed E-state index contributed by atoms with van der Waals surface area (Å²) in [5, 5.41) is 3.88. The van der Waals surface area contributed by atoms with Gasteiger partial charge in [0, 0.05) is 11.4 Å². The summed E-state index contributed by atoms with van der Waals surface area (Å²) in [6.07, 6.45) is 0. The van der Waals surface area contributed by atoms with Gasteiger partial charge >= 0.3 is 0 Å². The molecule has 0 spiro atoms. The number of nitrogens with one attached hydrogen (secondary N) is 1. The lowest BCUT2D eigenvalue weighted by Crippen LogP contribution is -2.15. The van der Waals surface area contributed by atoms with E-state index in [9.17, 15) is 4.39 Å². The Balaban J connectivity index is 2.78. The summed E-state index contributed by atoms with van der Waals surface area (Å²) >= 11 is 0. The van der Waals surface area contributed by atoms with Crippen LogP contribution in [0.25, 0.3) is 10.9 Å². The summed E-state index contributed by atoms with van der Waals surface area (Å²) in [6, 6.07) is 5.03. The molecule has 1 unspecified atom stereocenters. The number of para-hydroxylation sites is 1. The first-order valence-corrected chi connectivity index (χ1v) is 5.23. The van der Waals surface area contributed by atoms with E-state index in [1.54, 1.807) is 13.0 Å². The first kappa shape index (κ1) is 11.0. The van der Waals surface area contributed by atoms with Gasteiger partial charge in [-0.15, -0.1) is 0 Å². The zero-order valence-electron chi connectivity index (χ0n) is 9.58. The lowest BCUT2D eigenvalue weighted by molar-refractivity contribution is 0.624. The molecule has 1 aromatic carbocycles. The number of hydrogen-bond acceptors (Lipinski definition) is 3. The molecule has 0 aliphatic rings. The summed E-state index contributed by atoms with van der Waals surface area (Å²) in [7, 11) is 1.85. The van der Waals surface area contributed by atoms with Gasteiger partial charge in [0.15, 0.2) is 0 Å². The molecular weight excluding hydrogens is 205 g/mol. The van der Waals surface area contributed by atoms with Crippen LogP contribution in [0.5, 0.6) is 0 Å². The number of rotatable bonds is 2. The highest BCUT2D eigenvalue weighted by atomic mass is 19.1.